The van der Waals surface area contributed by atoms with Gasteiger partial charge in [0.1, 0.15) is 6.61 Å². The van der Waals surface area contributed by atoms with Crippen LogP contribution in [0.4, 0.5) is 0 Å². The summed E-state index contributed by atoms with van der Waals surface area (Å²) in [6.45, 7) is 4.43. The van der Waals surface area contributed by atoms with E-state index < -0.39 is 0 Å². The lowest BCUT2D eigenvalue weighted by Gasteiger charge is -2.08. The number of aliphatic hydroxyl groups excluding tert-OH is 1. The largest absolute Gasteiger partial charge is 0.395 e. The zero-order valence-corrected chi connectivity index (χ0v) is 12.0. The minimum atomic E-state index is -0.120. The van der Waals surface area contributed by atoms with Crippen molar-refractivity contribution < 1.29 is 14.6 Å². The van der Waals surface area contributed by atoms with Crippen LogP contribution in [0.1, 0.15) is 31.4 Å². The summed E-state index contributed by atoms with van der Waals surface area (Å²) in [6, 6.07) is 7.64. The van der Waals surface area contributed by atoms with Gasteiger partial charge in [0.15, 0.2) is 0 Å². The first kappa shape index (κ1) is 16.2. The molecule has 1 amide bonds. The molecule has 0 spiro atoms. The van der Waals surface area contributed by atoms with Crippen molar-refractivity contribution in [2.75, 3.05) is 13.2 Å². The fourth-order valence-electron chi connectivity index (χ4n) is 1.42. The van der Waals surface area contributed by atoms with Crippen molar-refractivity contribution in [2.24, 2.45) is 0 Å². The van der Waals surface area contributed by atoms with Gasteiger partial charge in [-0.05, 0) is 31.5 Å². The molecule has 1 aromatic carbocycles. The molecule has 4 heteroatoms. The van der Waals surface area contributed by atoms with Crippen molar-refractivity contribution in [3.8, 4) is 11.8 Å². The molecule has 0 aliphatic carbocycles. The predicted molar refractivity (Wildman–Crippen MR) is 78.0 cm³/mol. The summed E-state index contributed by atoms with van der Waals surface area (Å²) in [5.41, 5.74) is 1.91. The Hall–Kier alpha value is -1.83. The number of carbonyl (C=O) groups excluding carboxylic acids is 1. The van der Waals surface area contributed by atoms with Crippen molar-refractivity contribution in [1.29, 1.82) is 0 Å². The number of nitrogens with one attached hydrogen (secondary N) is 1. The highest BCUT2D eigenvalue weighted by atomic mass is 16.5. The van der Waals surface area contributed by atoms with Crippen LogP contribution >= 0.6 is 0 Å². The molecule has 0 saturated carbocycles. The van der Waals surface area contributed by atoms with E-state index in [1.807, 2.05) is 38.1 Å². The molecular weight excluding hydrogens is 254 g/mol. The third-order valence-electron chi connectivity index (χ3n) is 2.46. The SMILES string of the molecule is CC(C)OCC(=O)NCc1ccc(C#CCCO)cc1. The summed E-state index contributed by atoms with van der Waals surface area (Å²) in [6.07, 6.45) is 0.533. The Kier molecular flexibility index (Phi) is 7.41. The van der Waals surface area contributed by atoms with E-state index in [-0.39, 0.29) is 25.2 Å². The number of hydrogen-bond donors (Lipinski definition) is 2. The van der Waals surface area contributed by atoms with E-state index in [9.17, 15) is 4.79 Å². The van der Waals surface area contributed by atoms with Gasteiger partial charge in [-0.2, -0.15) is 0 Å². The number of hydrogen-bond acceptors (Lipinski definition) is 3. The Balaban J connectivity index is 2.38. The normalized spacial score (nSPS) is 10.0. The van der Waals surface area contributed by atoms with Crippen LogP contribution in [0.5, 0.6) is 0 Å². The highest BCUT2D eigenvalue weighted by Crippen LogP contribution is 2.03. The summed E-state index contributed by atoms with van der Waals surface area (Å²) < 4.78 is 5.22. The van der Waals surface area contributed by atoms with Crippen molar-refractivity contribution in [2.45, 2.75) is 32.9 Å². The van der Waals surface area contributed by atoms with Gasteiger partial charge < -0.3 is 15.2 Å². The van der Waals surface area contributed by atoms with E-state index in [0.29, 0.717) is 13.0 Å². The topological polar surface area (TPSA) is 58.6 Å². The van der Waals surface area contributed by atoms with Crippen LogP contribution in [-0.4, -0.2) is 30.3 Å². The molecule has 4 nitrogen and oxygen atoms in total. The van der Waals surface area contributed by atoms with Gasteiger partial charge in [0.2, 0.25) is 5.91 Å². The Morgan fingerprint density at radius 2 is 2.05 bits per heavy atom. The molecule has 20 heavy (non-hydrogen) atoms. The molecule has 0 heterocycles. The van der Waals surface area contributed by atoms with Crippen LogP contribution in [0.25, 0.3) is 0 Å². The number of carbonyl (C=O) groups is 1. The molecule has 0 aliphatic heterocycles. The summed E-state index contributed by atoms with van der Waals surface area (Å²) >= 11 is 0. The summed E-state index contributed by atoms with van der Waals surface area (Å²) in [5, 5.41) is 11.4. The third-order valence-corrected chi connectivity index (χ3v) is 2.46. The van der Waals surface area contributed by atoms with E-state index in [1.54, 1.807) is 0 Å². The maximum atomic E-state index is 11.5. The van der Waals surface area contributed by atoms with E-state index in [2.05, 4.69) is 17.2 Å². The van der Waals surface area contributed by atoms with Gasteiger partial charge in [-0.1, -0.05) is 24.0 Å². The Bertz CT molecular complexity index is 469. The average molecular weight is 275 g/mol. The molecule has 2 N–H and O–H groups in total. The Morgan fingerprint density at radius 3 is 2.65 bits per heavy atom. The van der Waals surface area contributed by atoms with Gasteiger partial charge in [-0.3, -0.25) is 4.79 Å². The molecule has 108 valence electrons. The number of rotatable bonds is 6. The highest BCUT2D eigenvalue weighted by Gasteiger charge is 2.02. The van der Waals surface area contributed by atoms with Gasteiger partial charge in [0.05, 0.1) is 12.7 Å². The number of amides is 1. The van der Waals surface area contributed by atoms with E-state index in [1.165, 1.54) is 0 Å². The summed E-state index contributed by atoms with van der Waals surface area (Å²) in [5.74, 6) is 5.70. The zero-order chi connectivity index (χ0) is 14.8. The minimum absolute atomic E-state index is 0.0533. The van der Waals surface area contributed by atoms with Gasteiger partial charge in [0.25, 0.3) is 0 Å². The van der Waals surface area contributed by atoms with Crippen LogP contribution in [0.2, 0.25) is 0 Å². The van der Waals surface area contributed by atoms with E-state index >= 15 is 0 Å². The monoisotopic (exact) mass is 275 g/mol. The quantitative estimate of drug-likeness (QED) is 0.773. The molecule has 0 radical (unpaired) electrons. The zero-order valence-electron chi connectivity index (χ0n) is 12.0. The second-order valence-corrected chi connectivity index (χ2v) is 4.61. The van der Waals surface area contributed by atoms with Crippen LogP contribution in [0.3, 0.4) is 0 Å². The molecule has 0 saturated heterocycles. The van der Waals surface area contributed by atoms with Crippen molar-refractivity contribution >= 4 is 5.91 Å². The smallest absolute Gasteiger partial charge is 0.246 e. The Labute approximate surface area is 120 Å². The number of aliphatic hydroxyl groups is 1. The van der Waals surface area contributed by atoms with Gasteiger partial charge in [-0.25, -0.2) is 0 Å². The molecular formula is C16H21NO3. The molecule has 0 fully saturated rings. The summed E-state index contributed by atoms with van der Waals surface area (Å²) in [7, 11) is 0. The second-order valence-electron chi connectivity index (χ2n) is 4.61. The predicted octanol–water partition coefficient (Wildman–Crippen LogP) is 1.46. The molecule has 0 aliphatic rings. The standard InChI is InChI=1S/C16H21NO3/c1-13(2)20-12-16(19)17-11-15-8-6-14(7-9-15)5-3-4-10-18/h6-9,13,18H,4,10-12H2,1-2H3,(H,17,19). The van der Waals surface area contributed by atoms with Gasteiger partial charge in [-0.15, -0.1) is 0 Å². The van der Waals surface area contributed by atoms with E-state index in [0.717, 1.165) is 11.1 Å². The van der Waals surface area contributed by atoms with Crippen LogP contribution < -0.4 is 5.32 Å². The molecule has 1 rings (SSSR count). The lowest BCUT2D eigenvalue weighted by atomic mass is 10.1. The first-order valence-corrected chi connectivity index (χ1v) is 6.69. The van der Waals surface area contributed by atoms with E-state index in [4.69, 9.17) is 9.84 Å². The Morgan fingerprint density at radius 1 is 1.35 bits per heavy atom. The maximum Gasteiger partial charge on any atom is 0.246 e. The van der Waals surface area contributed by atoms with Crippen LogP contribution in [-0.2, 0) is 16.1 Å². The lowest BCUT2D eigenvalue weighted by molar-refractivity contribution is -0.127. The number of benzene rings is 1. The molecule has 0 aromatic heterocycles. The fraction of sp³-hybridized carbons (Fsp3) is 0.438. The second kappa shape index (κ2) is 9.13. The molecule has 0 unspecified atom stereocenters. The summed E-state index contributed by atoms with van der Waals surface area (Å²) in [4.78, 5) is 11.5. The molecule has 1 aromatic rings. The lowest BCUT2D eigenvalue weighted by Crippen LogP contribution is -2.28. The van der Waals surface area contributed by atoms with Crippen molar-refractivity contribution in [3.63, 3.8) is 0 Å². The van der Waals surface area contributed by atoms with Crippen molar-refractivity contribution in [3.05, 3.63) is 35.4 Å². The molecule has 0 bridgehead atoms. The first-order valence-electron chi connectivity index (χ1n) is 6.69. The van der Waals surface area contributed by atoms with Crippen LogP contribution in [0, 0.1) is 11.8 Å². The first-order chi connectivity index (χ1) is 9.61. The number of ether oxygens (including phenoxy) is 1. The van der Waals surface area contributed by atoms with Gasteiger partial charge in [0, 0.05) is 18.5 Å². The fourth-order valence-corrected chi connectivity index (χ4v) is 1.42. The van der Waals surface area contributed by atoms with Crippen molar-refractivity contribution in [1.82, 2.24) is 5.32 Å². The van der Waals surface area contributed by atoms with Gasteiger partial charge >= 0.3 is 0 Å². The average Bonchev–Trinajstić information content (AvgIpc) is 2.44. The molecule has 0 atom stereocenters. The van der Waals surface area contributed by atoms with Crippen LogP contribution in [0.15, 0.2) is 24.3 Å². The maximum absolute atomic E-state index is 11.5. The minimum Gasteiger partial charge on any atom is -0.395 e. The third kappa shape index (κ3) is 6.93. The highest BCUT2D eigenvalue weighted by molar-refractivity contribution is 5.77.